The molecule has 0 aromatic carbocycles. The number of rotatable bonds is 7. The van der Waals surface area contributed by atoms with Crippen LogP contribution in [0.4, 0.5) is 0 Å². The molecular weight excluding hydrogens is 224 g/mol. The fraction of sp³-hybridized carbons (Fsp3) is 0.889. The molecule has 0 radical (unpaired) electrons. The van der Waals surface area contributed by atoms with E-state index in [9.17, 15) is 13.2 Å². The maximum atomic E-state index is 11.1. The molecule has 0 N–H and O–H groups in total. The van der Waals surface area contributed by atoms with E-state index in [1.807, 2.05) is 0 Å². The highest BCUT2D eigenvalue weighted by atomic mass is 35.5. The van der Waals surface area contributed by atoms with Gasteiger partial charge in [-0.05, 0) is 26.2 Å². The van der Waals surface area contributed by atoms with E-state index in [1.165, 1.54) is 13.2 Å². The third kappa shape index (κ3) is 7.33. The smallest absolute Gasteiger partial charge is 0.147 e. The highest BCUT2D eigenvalue weighted by Gasteiger charge is 2.14. The first-order valence-corrected chi connectivity index (χ1v) is 7.20. The summed E-state index contributed by atoms with van der Waals surface area (Å²) in [5.74, 6) is 0.621. The van der Waals surface area contributed by atoms with Crippen molar-refractivity contribution in [3.8, 4) is 0 Å². The third-order valence-corrected chi connectivity index (χ3v) is 3.35. The minimum atomic E-state index is -2.90. The second-order valence-electron chi connectivity index (χ2n) is 3.56. The van der Waals surface area contributed by atoms with Gasteiger partial charge in [-0.15, -0.1) is 11.6 Å². The number of sulfone groups is 1. The van der Waals surface area contributed by atoms with Crippen molar-refractivity contribution in [1.29, 1.82) is 0 Å². The molecule has 0 fully saturated rings. The molecule has 0 aliphatic rings. The van der Waals surface area contributed by atoms with Gasteiger partial charge in [-0.3, -0.25) is 4.79 Å². The van der Waals surface area contributed by atoms with Gasteiger partial charge in [0.15, 0.2) is 0 Å². The van der Waals surface area contributed by atoms with Gasteiger partial charge >= 0.3 is 0 Å². The third-order valence-electron chi connectivity index (χ3n) is 2.10. The largest absolute Gasteiger partial charge is 0.300 e. The van der Waals surface area contributed by atoms with E-state index in [-0.39, 0.29) is 17.5 Å². The summed E-state index contributed by atoms with van der Waals surface area (Å²) >= 11 is 5.54. The quantitative estimate of drug-likeness (QED) is 0.636. The molecule has 0 saturated carbocycles. The van der Waals surface area contributed by atoms with Crippen molar-refractivity contribution >= 4 is 27.2 Å². The molecule has 5 heteroatoms. The molecule has 0 amide bonds. The van der Waals surface area contributed by atoms with Crippen molar-refractivity contribution < 1.29 is 13.2 Å². The Labute approximate surface area is 90.7 Å². The van der Waals surface area contributed by atoms with E-state index in [1.54, 1.807) is 0 Å². The highest BCUT2D eigenvalue weighted by Crippen LogP contribution is 2.14. The average molecular weight is 241 g/mol. The lowest BCUT2D eigenvalue weighted by molar-refractivity contribution is -0.121. The van der Waals surface area contributed by atoms with Gasteiger partial charge in [0.05, 0.1) is 0 Å². The number of hydrogen-bond acceptors (Lipinski definition) is 3. The van der Waals surface area contributed by atoms with Crippen LogP contribution in [0.5, 0.6) is 0 Å². The van der Waals surface area contributed by atoms with E-state index in [4.69, 9.17) is 11.6 Å². The minimum Gasteiger partial charge on any atom is -0.300 e. The SMILES string of the molecule is CC(=O)C(CCCl)CCCS(C)(=O)=O. The molecule has 0 bridgehead atoms. The van der Waals surface area contributed by atoms with E-state index < -0.39 is 9.84 Å². The fourth-order valence-corrected chi connectivity index (χ4v) is 2.23. The van der Waals surface area contributed by atoms with E-state index in [0.717, 1.165) is 0 Å². The summed E-state index contributed by atoms with van der Waals surface area (Å²) in [6.45, 7) is 1.53. The molecule has 0 saturated heterocycles. The van der Waals surface area contributed by atoms with Crippen LogP contribution < -0.4 is 0 Å². The lowest BCUT2D eigenvalue weighted by Crippen LogP contribution is -2.13. The van der Waals surface area contributed by atoms with Gasteiger partial charge in [0.2, 0.25) is 0 Å². The van der Waals surface area contributed by atoms with Gasteiger partial charge in [0.1, 0.15) is 15.6 Å². The van der Waals surface area contributed by atoms with Gasteiger partial charge in [-0.25, -0.2) is 8.42 Å². The molecule has 0 spiro atoms. The molecule has 0 aliphatic heterocycles. The first-order chi connectivity index (χ1) is 6.37. The monoisotopic (exact) mass is 240 g/mol. The summed E-state index contributed by atoms with van der Waals surface area (Å²) in [6.07, 6.45) is 3.01. The van der Waals surface area contributed by atoms with Crippen LogP contribution in [0.2, 0.25) is 0 Å². The predicted molar refractivity (Wildman–Crippen MR) is 58.5 cm³/mol. The number of alkyl halides is 1. The summed E-state index contributed by atoms with van der Waals surface area (Å²) in [4.78, 5) is 11.1. The molecule has 0 aliphatic carbocycles. The Bertz CT molecular complexity index is 272. The Balaban J connectivity index is 3.89. The van der Waals surface area contributed by atoms with Crippen molar-refractivity contribution in [2.45, 2.75) is 26.2 Å². The summed E-state index contributed by atoms with van der Waals surface area (Å²) in [5.41, 5.74) is 0. The molecule has 0 heterocycles. The predicted octanol–water partition coefficient (Wildman–Crippen LogP) is 1.65. The molecule has 0 aromatic rings. The van der Waals surface area contributed by atoms with Crippen molar-refractivity contribution in [2.24, 2.45) is 5.92 Å². The van der Waals surface area contributed by atoms with Crippen LogP contribution in [-0.4, -0.2) is 32.1 Å². The fourth-order valence-electron chi connectivity index (χ4n) is 1.27. The zero-order valence-corrected chi connectivity index (χ0v) is 10.2. The van der Waals surface area contributed by atoms with Crippen molar-refractivity contribution in [2.75, 3.05) is 17.9 Å². The molecule has 1 unspecified atom stereocenters. The molecule has 84 valence electrons. The second kappa shape index (κ2) is 6.40. The van der Waals surface area contributed by atoms with Crippen LogP contribution in [0.1, 0.15) is 26.2 Å². The molecular formula is C9H17ClO3S. The zero-order valence-electron chi connectivity index (χ0n) is 8.62. The normalized spacial score (nSPS) is 13.9. The van der Waals surface area contributed by atoms with Gasteiger partial charge < -0.3 is 0 Å². The number of carbonyl (C=O) groups is 1. The van der Waals surface area contributed by atoms with Crippen LogP contribution in [0.15, 0.2) is 0 Å². The van der Waals surface area contributed by atoms with Crippen LogP contribution in [0.25, 0.3) is 0 Å². The molecule has 0 rings (SSSR count). The highest BCUT2D eigenvalue weighted by molar-refractivity contribution is 7.90. The van der Waals surface area contributed by atoms with Crippen molar-refractivity contribution in [1.82, 2.24) is 0 Å². The minimum absolute atomic E-state index is 0.0748. The summed E-state index contributed by atoms with van der Waals surface area (Å²) in [7, 11) is -2.90. The lowest BCUT2D eigenvalue weighted by Gasteiger charge is -2.10. The standard InChI is InChI=1S/C9H17ClO3S/c1-8(11)9(5-6-10)4-3-7-14(2,12)13/h9H,3-7H2,1-2H3. The van der Waals surface area contributed by atoms with Gasteiger partial charge in [-0.1, -0.05) is 0 Å². The molecule has 0 aromatic heterocycles. The topological polar surface area (TPSA) is 51.2 Å². The van der Waals surface area contributed by atoms with Crippen LogP contribution >= 0.6 is 11.6 Å². The Hall–Kier alpha value is -0.0900. The van der Waals surface area contributed by atoms with Crippen molar-refractivity contribution in [3.63, 3.8) is 0 Å². The summed E-state index contributed by atoms with van der Waals surface area (Å²) in [6, 6.07) is 0. The Kier molecular flexibility index (Phi) is 6.36. The van der Waals surface area contributed by atoms with Crippen LogP contribution in [0, 0.1) is 5.92 Å². The zero-order chi connectivity index (χ0) is 11.2. The van der Waals surface area contributed by atoms with Gasteiger partial charge in [0, 0.05) is 23.8 Å². The molecule has 14 heavy (non-hydrogen) atoms. The summed E-state index contributed by atoms with van der Waals surface area (Å²) < 4.78 is 21.7. The van der Waals surface area contributed by atoms with E-state index in [2.05, 4.69) is 0 Å². The van der Waals surface area contributed by atoms with Crippen LogP contribution in [0.3, 0.4) is 0 Å². The maximum Gasteiger partial charge on any atom is 0.147 e. The van der Waals surface area contributed by atoms with E-state index >= 15 is 0 Å². The number of Topliss-reactive ketones (excluding diaryl/α,β-unsaturated/α-hetero) is 1. The van der Waals surface area contributed by atoms with Crippen LogP contribution in [-0.2, 0) is 14.6 Å². The number of ketones is 1. The molecule has 3 nitrogen and oxygen atoms in total. The second-order valence-corrected chi connectivity index (χ2v) is 6.20. The first-order valence-electron chi connectivity index (χ1n) is 4.61. The van der Waals surface area contributed by atoms with Gasteiger partial charge in [-0.2, -0.15) is 0 Å². The van der Waals surface area contributed by atoms with Crippen molar-refractivity contribution in [3.05, 3.63) is 0 Å². The Morgan fingerprint density at radius 3 is 2.29 bits per heavy atom. The number of carbonyl (C=O) groups excluding carboxylic acids is 1. The van der Waals surface area contributed by atoms with Gasteiger partial charge in [0.25, 0.3) is 0 Å². The Morgan fingerprint density at radius 1 is 1.36 bits per heavy atom. The van der Waals surface area contributed by atoms with E-state index in [0.29, 0.717) is 25.1 Å². The number of halogens is 1. The number of hydrogen-bond donors (Lipinski definition) is 0. The summed E-state index contributed by atoms with van der Waals surface area (Å²) in [5, 5.41) is 0. The lowest BCUT2D eigenvalue weighted by atomic mass is 9.97. The maximum absolute atomic E-state index is 11.1. The average Bonchev–Trinajstić information content (AvgIpc) is 2.00. The Morgan fingerprint density at radius 2 is 1.93 bits per heavy atom. The molecule has 1 atom stereocenters. The first kappa shape index (κ1) is 13.9.